The Hall–Kier alpha value is -1.48. The van der Waals surface area contributed by atoms with Crippen LogP contribution in [0.25, 0.3) is 0 Å². The van der Waals surface area contributed by atoms with Crippen LogP contribution in [0.4, 0.5) is 4.79 Å². The average molecular weight is 306 g/mol. The first-order valence-corrected chi connectivity index (χ1v) is 7.01. The number of thiol groups is 1. The third-order valence-electron chi connectivity index (χ3n) is 2.28. The smallest absolute Gasteiger partial charge is 0.421 e. The second-order valence-electron chi connectivity index (χ2n) is 3.94. The minimum Gasteiger partial charge on any atom is -0.447 e. The van der Waals surface area contributed by atoms with E-state index in [2.05, 4.69) is 28.0 Å². The van der Waals surface area contributed by atoms with Gasteiger partial charge in [0.1, 0.15) is 6.61 Å². The molecular weight excluding hydrogens is 284 g/mol. The van der Waals surface area contributed by atoms with Crippen LogP contribution in [-0.4, -0.2) is 43.4 Å². The molecule has 0 saturated carbocycles. The van der Waals surface area contributed by atoms with Gasteiger partial charge in [-0.2, -0.15) is 12.6 Å². The molecule has 9 heteroatoms. The fraction of sp³-hybridized carbons (Fsp3) is 0.727. The van der Waals surface area contributed by atoms with E-state index in [1.165, 1.54) is 0 Å². The molecule has 0 unspecified atom stereocenters. The van der Waals surface area contributed by atoms with Crippen LogP contribution in [0.1, 0.15) is 25.7 Å². The maximum absolute atomic E-state index is 11.4. The molecule has 20 heavy (non-hydrogen) atoms. The van der Waals surface area contributed by atoms with E-state index in [1.54, 1.807) is 5.43 Å². The van der Waals surface area contributed by atoms with Crippen molar-refractivity contribution in [2.24, 2.45) is 5.84 Å². The molecular formula is C11H22N4O4S. The highest BCUT2D eigenvalue weighted by molar-refractivity contribution is 7.80. The highest BCUT2D eigenvalue weighted by Gasteiger charge is 2.05. The van der Waals surface area contributed by atoms with Gasteiger partial charge in [0, 0.05) is 6.42 Å². The van der Waals surface area contributed by atoms with Crippen LogP contribution < -0.4 is 21.9 Å². The van der Waals surface area contributed by atoms with E-state index in [4.69, 9.17) is 5.84 Å². The maximum Gasteiger partial charge on any atom is 0.421 e. The van der Waals surface area contributed by atoms with E-state index in [1.807, 2.05) is 0 Å². The first-order valence-electron chi connectivity index (χ1n) is 6.37. The lowest BCUT2D eigenvalue weighted by Crippen LogP contribution is -2.39. The van der Waals surface area contributed by atoms with Crippen LogP contribution in [0.2, 0.25) is 0 Å². The summed E-state index contributed by atoms with van der Waals surface area (Å²) in [6.07, 6.45) is 2.35. The number of nitrogens with one attached hydrogen (secondary N) is 3. The topological polar surface area (TPSA) is 123 Å². The molecule has 0 fully saturated rings. The van der Waals surface area contributed by atoms with Crippen molar-refractivity contribution in [3.63, 3.8) is 0 Å². The Bertz CT molecular complexity index is 315. The summed E-state index contributed by atoms with van der Waals surface area (Å²) in [6, 6.07) is 0. The Kier molecular flexibility index (Phi) is 11.6. The molecule has 0 spiro atoms. The van der Waals surface area contributed by atoms with Crippen molar-refractivity contribution in [2.75, 3.05) is 25.4 Å². The van der Waals surface area contributed by atoms with E-state index in [0.717, 1.165) is 25.0 Å². The normalized spacial score (nSPS) is 9.70. The van der Waals surface area contributed by atoms with Crippen molar-refractivity contribution < 1.29 is 19.1 Å². The monoisotopic (exact) mass is 306 g/mol. The molecule has 5 N–H and O–H groups in total. The predicted octanol–water partition coefficient (Wildman–Crippen LogP) is -0.691. The molecule has 3 amide bonds. The summed E-state index contributed by atoms with van der Waals surface area (Å²) >= 11 is 4.08. The summed E-state index contributed by atoms with van der Waals surface area (Å²) in [5, 5.41) is 4.99. The molecule has 0 radical (unpaired) electrons. The Morgan fingerprint density at radius 2 is 1.80 bits per heavy atom. The highest BCUT2D eigenvalue weighted by Crippen LogP contribution is 2.00. The van der Waals surface area contributed by atoms with Crippen molar-refractivity contribution in [2.45, 2.75) is 25.7 Å². The summed E-state index contributed by atoms with van der Waals surface area (Å²) in [6.45, 7) is 0.0744. The Balaban J connectivity index is 3.47. The van der Waals surface area contributed by atoms with Gasteiger partial charge in [0.25, 0.3) is 0 Å². The zero-order chi connectivity index (χ0) is 15.2. The summed E-state index contributed by atoms with van der Waals surface area (Å²) in [7, 11) is 0. The fourth-order valence-corrected chi connectivity index (χ4v) is 1.50. The molecule has 0 aromatic carbocycles. The molecule has 116 valence electrons. The van der Waals surface area contributed by atoms with E-state index < -0.39 is 6.09 Å². The summed E-state index contributed by atoms with van der Waals surface area (Å²) in [4.78, 5) is 33.3. The maximum atomic E-state index is 11.4. The number of amides is 3. The molecule has 0 saturated heterocycles. The minimum atomic E-state index is -0.770. The first kappa shape index (κ1) is 18.5. The van der Waals surface area contributed by atoms with Crippen molar-refractivity contribution >= 4 is 30.5 Å². The van der Waals surface area contributed by atoms with Gasteiger partial charge in [0.2, 0.25) is 11.8 Å². The molecule has 0 aliphatic rings. The third-order valence-corrected chi connectivity index (χ3v) is 2.60. The molecule has 0 bridgehead atoms. The highest BCUT2D eigenvalue weighted by atomic mass is 32.1. The molecule has 0 aliphatic heterocycles. The summed E-state index contributed by atoms with van der Waals surface area (Å²) in [5.74, 6) is 5.11. The van der Waals surface area contributed by atoms with Gasteiger partial charge in [0.05, 0.1) is 13.1 Å². The summed E-state index contributed by atoms with van der Waals surface area (Å²) < 4.78 is 4.56. The Morgan fingerprint density at radius 1 is 1.05 bits per heavy atom. The second kappa shape index (κ2) is 12.5. The minimum absolute atomic E-state index is 0.00640. The van der Waals surface area contributed by atoms with Crippen LogP contribution >= 0.6 is 12.6 Å². The van der Waals surface area contributed by atoms with Crippen LogP contribution in [0.5, 0.6) is 0 Å². The van der Waals surface area contributed by atoms with Crippen molar-refractivity contribution in [3.05, 3.63) is 0 Å². The molecule has 0 aliphatic carbocycles. The molecule has 0 heterocycles. The lowest BCUT2D eigenvalue weighted by molar-refractivity contribution is -0.126. The van der Waals surface area contributed by atoms with Gasteiger partial charge in [-0.05, 0) is 18.6 Å². The van der Waals surface area contributed by atoms with Crippen LogP contribution in [0.15, 0.2) is 0 Å². The van der Waals surface area contributed by atoms with Crippen LogP contribution in [0, 0.1) is 0 Å². The van der Waals surface area contributed by atoms with Gasteiger partial charge in [-0.1, -0.05) is 6.42 Å². The molecule has 0 atom stereocenters. The van der Waals surface area contributed by atoms with Crippen molar-refractivity contribution in [1.82, 2.24) is 16.1 Å². The number of nitrogens with two attached hydrogens (primary N) is 1. The summed E-state index contributed by atoms with van der Waals surface area (Å²) in [5.41, 5.74) is 1.79. The van der Waals surface area contributed by atoms with E-state index in [0.29, 0.717) is 6.42 Å². The number of unbranched alkanes of at least 4 members (excludes halogenated alkanes) is 2. The van der Waals surface area contributed by atoms with Gasteiger partial charge in [-0.3, -0.25) is 15.0 Å². The fourth-order valence-electron chi connectivity index (χ4n) is 1.28. The number of hydrogen-bond acceptors (Lipinski definition) is 6. The van der Waals surface area contributed by atoms with E-state index >= 15 is 0 Å². The number of hydrogen-bond donors (Lipinski definition) is 5. The van der Waals surface area contributed by atoms with Gasteiger partial charge >= 0.3 is 6.09 Å². The van der Waals surface area contributed by atoms with Crippen LogP contribution in [0.3, 0.4) is 0 Å². The Labute approximate surface area is 123 Å². The zero-order valence-electron chi connectivity index (χ0n) is 11.3. The van der Waals surface area contributed by atoms with E-state index in [9.17, 15) is 14.4 Å². The van der Waals surface area contributed by atoms with Gasteiger partial charge in [-0.25, -0.2) is 10.6 Å². The number of ether oxygens (including phenoxy) is 1. The molecule has 0 rings (SSSR count). The number of hydrazine groups is 1. The molecule has 0 aromatic heterocycles. The van der Waals surface area contributed by atoms with Crippen molar-refractivity contribution in [1.29, 1.82) is 0 Å². The number of rotatable bonds is 10. The first-order chi connectivity index (χ1) is 9.60. The Morgan fingerprint density at radius 3 is 2.45 bits per heavy atom. The van der Waals surface area contributed by atoms with Crippen LogP contribution in [-0.2, 0) is 14.3 Å². The zero-order valence-corrected chi connectivity index (χ0v) is 12.2. The predicted molar refractivity (Wildman–Crippen MR) is 77.0 cm³/mol. The lowest BCUT2D eigenvalue weighted by atomic mass is 10.2. The largest absolute Gasteiger partial charge is 0.447 e. The van der Waals surface area contributed by atoms with Gasteiger partial charge < -0.3 is 15.4 Å². The number of carbonyl (C=O) groups excluding carboxylic acids is 3. The second-order valence-corrected chi connectivity index (χ2v) is 4.39. The molecule has 0 aromatic rings. The van der Waals surface area contributed by atoms with Gasteiger partial charge in [0.15, 0.2) is 0 Å². The third kappa shape index (κ3) is 11.6. The molecule has 8 nitrogen and oxygen atoms in total. The van der Waals surface area contributed by atoms with Crippen molar-refractivity contribution in [3.8, 4) is 0 Å². The average Bonchev–Trinajstić information content (AvgIpc) is 2.45. The lowest BCUT2D eigenvalue weighted by Gasteiger charge is -2.07. The SMILES string of the molecule is NNC(=O)OCCNC(=O)CNC(=O)CCCCCS. The quantitative estimate of drug-likeness (QED) is 0.120. The number of carbonyl (C=O) groups is 3. The standard InChI is InChI=1S/C11H22N4O4S/c12-15-11(18)19-6-5-13-10(17)8-14-9(16)4-2-1-3-7-20/h20H,1-8,12H2,(H,13,17)(H,14,16)(H,15,18). The van der Waals surface area contributed by atoms with E-state index in [-0.39, 0.29) is 31.5 Å². The van der Waals surface area contributed by atoms with Gasteiger partial charge in [-0.15, -0.1) is 0 Å².